The van der Waals surface area contributed by atoms with E-state index in [-0.39, 0.29) is 18.0 Å². The number of carbonyl (C=O) groups excluding carboxylic acids is 2. The van der Waals surface area contributed by atoms with E-state index in [9.17, 15) is 9.59 Å². The first-order valence-electron chi connectivity index (χ1n) is 10.2. The molecule has 1 aliphatic heterocycles. The van der Waals surface area contributed by atoms with Crippen molar-refractivity contribution in [1.29, 1.82) is 0 Å². The summed E-state index contributed by atoms with van der Waals surface area (Å²) in [5.41, 5.74) is 3.24. The molecule has 29 heavy (non-hydrogen) atoms. The van der Waals surface area contributed by atoms with Gasteiger partial charge in [0.15, 0.2) is 0 Å². The molecule has 6 heteroatoms. The Morgan fingerprint density at radius 1 is 0.966 bits per heavy atom. The average Bonchev–Trinajstić information content (AvgIpc) is 2.86. The molecule has 2 aromatic carbocycles. The topological polar surface area (TPSA) is 73.8 Å². The van der Waals surface area contributed by atoms with E-state index in [2.05, 4.69) is 10.6 Å². The monoisotopic (exact) mass is 390 g/mol. The predicted molar refractivity (Wildman–Crippen MR) is 114 cm³/mol. The summed E-state index contributed by atoms with van der Waals surface area (Å²) >= 11 is 0. The number of hydrogen-bond donors (Lipinski definition) is 2. The predicted octanol–water partition coefficient (Wildman–Crippen LogP) is 3.46. The summed E-state index contributed by atoms with van der Waals surface area (Å²) in [6.07, 6.45) is 4.45. The number of carbonyl (C=O) groups is 2. The second-order valence-corrected chi connectivity index (χ2v) is 7.61. The van der Waals surface area contributed by atoms with Gasteiger partial charge in [-0.05, 0) is 18.9 Å². The number of likely N-dealkylation sites (N-methyl/N-ethyl adjacent to an activating group) is 1. The van der Waals surface area contributed by atoms with Crippen LogP contribution in [0.15, 0.2) is 59.6 Å². The maximum Gasteiger partial charge on any atom is 0.317 e. The third kappa shape index (κ3) is 4.16. The van der Waals surface area contributed by atoms with Crippen molar-refractivity contribution >= 4 is 23.3 Å². The van der Waals surface area contributed by atoms with Gasteiger partial charge in [-0.3, -0.25) is 4.79 Å². The fraction of sp³-hybridized carbons (Fsp3) is 0.348. The SMILES string of the molecule is CN1C(=O)[C@H](NC(=O)NC2CCCCC2)N=C(c2ccccc2)c2ccccc21. The molecular formula is C23H26N4O2. The molecule has 2 aromatic rings. The first-order valence-corrected chi connectivity index (χ1v) is 10.2. The van der Waals surface area contributed by atoms with E-state index >= 15 is 0 Å². The molecule has 0 radical (unpaired) electrons. The molecule has 4 rings (SSSR count). The van der Waals surface area contributed by atoms with Gasteiger partial charge in [0.1, 0.15) is 0 Å². The van der Waals surface area contributed by atoms with Gasteiger partial charge in [-0.25, -0.2) is 9.79 Å². The quantitative estimate of drug-likeness (QED) is 0.842. The number of hydrogen-bond acceptors (Lipinski definition) is 3. The highest BCUT2D eigenvalue weighted by Gasteiger charge is 2.31. The van der Waals surface area contributed by atoms with Crippen molar-refractivity contribution in [1.82, 2.24) is 10.6 Å². The number of rotatable bonds is 3. The van der Waals surface area contributed by atoms with Crippen LogP contribution in [0.5, 0.6) is 0 Å². The second kappa shape index (κ2) is 8.47. The van der Waals surface area contributed by atoms with E-state index in [4.69, 9.17) is 4.99 Å². The van der Waals surface area contributed by atoms with Crippen LogP contribution in [0.2, 0.25) is 0 Å². The maximum absolute atomic E-state index is 13.1. The zero-order chi connectivity index (χ0) is 20.2. The summed E-state index contributed by atoms with van der Waals surface area (Å²) in [5, 5.41) is 5.80. The molecule has 0 spiro atoms. The molecule has 2 aliphatic rings. The molecular weight excluding hydrogens is 364 g/mol. The zero-order valence-electron chi connectivity index (χ0n) is 16.6. The Balaban J connectivity index is 1.65. The first kappa shape index (κ1) is 19.2. The number of amides is 3. The highest BCUT2D eigenvalue weighted by atomic mass is 16.2. The van der Waals surface area contributed by atoms with E-state index in [0.29, 0.717) is 5.71 Å². The molecule has 150 valence electrons. The highest BCUT2D eigenvalue weighted by Crippen LogP contribution is 2.27. The lowest BCUT2D eigenvalue weighted by Gasteiger charge is -2.25. The van der Waals surface area contributed by atoms with Crippen molar-refractivity contribution in [2.45, 2.75) is 44.3 Å². The number of nitrogens with zero attached hydrogens (tertiary/aromatic N) is 2. The van der Waals surface area contributed by atoms with E-state index < -0.39 is 6.17 Å². The molecule has 1 aliphatic carbocycles. The number of aliphatic imine (C=N–C) groups is 1. The zero-order valence-corrected chi connectivity index (χ0v) is 16.6. The van der Waals surface area contributed by atoms with Gasteiger partial charge < -0.3 is 15.5 Å². The van der Waals surface area contributed by atoms with Crippen LogP contribution in [0, 0.1) is 0 Å². The van der Waals surface area contributed by atoms with Gasteiger partial charge in [0.05, 0.1) is 11.4 Å². The Bertz CT molecular complexity index is 919. The van der Waals surface area contributed by atoms with Gasteiger partial charge in [-0.2, -0.15) is 0 Å². The maximum atomic E-state index is 13.1. The molecule has 1 fully saturated rings. The molecule has 0 bridgehead atoms. The lowest BCUT2D eigenvalue weighted by atomic mass is 9.96. The summed E-state index contributed by atoms with van der Waals surface area (Å²) in [6, 6.07) is 17.2. The molecule has 3 amide bonds. The minimum absolute atomic E-state index is 0.164. The normalized spacial score (nSPS) is 19.8. The van der Waals surface area contributed by atoms with E-state index in [1.807, 2.05) is 54.6 Å². The number of nitrogens with one attached hydrogen (secondary N) is 2. The van der Waals surface area contributed by atoms with Crippen LogP contribution in [-0.2, 0) is 4.79 Å². The van der Waals surface area contributed by atoms with Crippen LogP contribution in [0.25, 0.3) is 0 Å². The summed E-state index contributed by atoms with van der Waals surface area (Å²) in [7, 11) is 1.72. The van der Waals surface area contributed by atoms with Gasteiger partial charge >= 0.3 is 6.03 Å². The summed E-state index contributed by atoms with van der Waals surface area (Å²) in [6.45, 7) is 0. The van der Waals surface area contributed by atoms with Gasteiger partial charge in [-0.15, -0.1) is 0 Å². The van der Waals surface area contributed by atoms with Gasteiger partial charge in [0, 0.05) is 24.2 Å². The summed E-state index contributed by atoms with van der Waals surface area (Å²) in [4.78, 5) is 32.0. The molecule has 1 heterocycles. The number of benzene rings is 2. The van der Waals surface area contributed by atoms with Crippen LogP contribution in [0.4, 0.5) is 10.5 Å². The minimum Gasteiger partial charge on any atom is -0.335 e. The number of benzodiazepines with no additional fused rings is 1. The van der Waals surface area contributed by atoms with Crippen molar-refractivity contribution in [3.05, 3.63) is 65.7 Å². The van der Waals surface area contributed by atoms with Gasteiger partial charge in [0.2, 0.25) is 6.17 Å². The number of para-hydroxylation sites is 1. The second-order valence-electron chi connectivity index (χ2n) is 7.61. The van der Waals surface area contributed by atoms with Crippen LogP contribution in [0.3, 0.4) is 0 Å². The Morgan fingerprint density at radius 3 is 2.41 bits per heavy atom. The minimum atomic E-state index is -0.980. The fourth-order valence-corrected chi connectivity index (χ4v) is 4.04. The lowest BCUT2D eigenvalue weighted by Crippen LogP contribution is -2.51. The number of fused-ring (bicyclic) bond motifs is 1. The van der Waals surface area contributed by atoms with Crippen LogP contribution in [0.1, 0.15) is 43.2 Å². The standard InChI is InChI=1S/C23H26N4O2/c1-27-19-15-9-8-14-18(19)20(16-10-4-2-5-11-16)25-21(22(27)28)26-23(29)24-17-12-6-3-7-13-17/h2,4-5,8-11,14-15,17,21H,3,6-7,12-13H2,1H3,(H2,24,26,29)/t21-/m0/s1. The third-order valence-electron chi connectivity index (χ3n) is 5.60. The van der Waals surface area contributed by atoms with E-state index in [1.165, 1.54) is 6.42 Å². The van der Waals surface area contributed by atoms with Crippen LogP contribution < -0.4 is 15.5 Å². The largest absolute Gasteiger partial charge is 0.335 e. The molecule has 1 saturated carbocycles. The first-order chi connectivity index (χ1) is 14.1. The van der Waals surface area contributed by atoms with Gasteiger partial charge in [-0.1, -0.05) is 67.8 Å². The lowest BCUT2D eigenvalue weighted by molar-refractivity contribution is -0.119. The number of anilines is 1. The van der Waals surface area contributed by atoms with Crippen LogP contribution >= 0.6 is 0 Å². The summed E-state index contributed by atoms with van der Waals surface area (Å²) in [5.74, 6) is -0.262. The van der Waals surface area contributed by atoms with Gasteiger partial charge in [0.25, 0.3) is 5.91 Å². The Labute approximate surface area is 171 Å². The van der Waals surface area contributed by atoms with Crippen molar-refractivity contribution in [2.75, 3.05) is 11.9 Å². The van der Waals surface area contributed by atoms with Crippen molar-refractivity contribution < 1.29 is 9.59 Å². The third-order valence-corrected chi connectivity index (χ3v) is 5.60. The smallest absolute Gasteiger partial charge is 0.317 e. The molecule has 0 saturated heterocycles. The Kier molecular flexibility index (Phi) is 5.60. The molecule has 0 unspecified atom stereocenters. The van der Waals surface area contributed by atoms with Crippen LogP contribution in [-0.4, -0.2) is 36.9 Å². The van der Waals surface area contributed by atoms with Crippen molar-refractivity contribution in [2.24, 2.45) is 4.99 Å². The fourth-order valence-electron chi connectivity index (χ4n) is 4.04. The van der Waals surface area contributed by atoms with Crippen molar-refractivity contribution in [3.63, 3.8) is 0 Å². The molecule has 6 nitrogen and oxygen atoms in total. The molecule has 2 N–H and O–H groups in total. The molecule has 1 atom stereocenters. The highest BCUT2D eigenvalue weighted by molar-refractivity contribution is 6.20. The number of urea groups is 1. The van der Waals surface area contributed by atoms with E-state index in [1.54, 1.807) is 11.9 Å². The Morgan fingerprint density at radius 2 is 1.66 bits per heavy atom. The van der Waals surface area contributed by atoms with E-state index in [0.717, 1.165) is 42.5 Å². The molecule has 0 aromatic heterocycles. The van der Waals surface area contributed by atoms with Crippen molar-refractivity contribution in [3.8, 4) is 0 Å². The average molecular weight is 390 g/mol. The summed E-state index contributed by atoms with van der Waals surface area (Å²) < 4.78 is 0. The Hall–Kier alpha value is -3.15.